The van der Waals surface area contributed by atoms with E-state index >= 15 is 0 Å². The van der Waals surface area contributed by atoms with Crippen LogP contribution in [0, 0.1) is 0 Å². The molecule has 2 aromatic rings. The molecule has 150 valence electrons. The van der Waals surface area contributed by atoms with E-state index in [2.05, 4.69) is 10.0 Å². The van der Waals surface area contributed by atoms with Crippen molar-refractivity contribution in [3.63, 3.8) is 0 Å². The van der Waals surface area contributed by atoms with Gasteiger partial charge in [0.15, 0.2) is 0 Å². The first kappa shape index (κ1) is 20.6. The first-order valence-electron chi connectivity index (χ1n) is 9.18. The van der Waals surface area contributed by atoms with E-state index in [-0.39, 0.29) is 28.3 Å². The molecule has 1 saturated carbocycles. The van der Waals surface area contributed by atoms with Gasteiger partial charge in [-0.3, -0.25) is 4.79 Å². The van der Waals surface area contributed by atoms with Crippen LogP contribution in [0.25, 0.3) is 0 Å². The Balaban J connectivity index is 1.81. The highest BCUT2D eigenvalue weighted by Gasteiger charge is 2.31. The van der Waals surface area contributed by atoms with Crippen LogP contribution in [0.15, 0.2) is 53.4 Å². The van der Waals surface area contributed by atoms with Crippen LogP contribution in [0.1, 0.15) is 25.3 Å². The second-order valence-corrected chi connectivity index (χ2v) is 8.79. The zero-order chi connectivity index (χ0) is 20.1. The minimum Gasteiger partial charge on any atom is -0.492 e. The number of halogens is 1. The molecular weight excluding hydrogens is 400 g/mol. The van der Waals surface area contributed by atoms with E-state index in [0.717, 1.165) is 18.4 Å². The third-order valence-electron chi connectivity index (χ3n) is 4.33. The maximum atomic E-state index is 12.9. The summed E-state index contributed by atoms with van der Waals surface area (Å²) in [5, 5.41) is 3.07. The minimum atomic E-state index is -3.95. The zero-order valence-corrected chi connectivity index (χ0v) is 17.1. The number of carbonyl (C=O) groups is 1. The second-order valence-electron chi connectivity index (χ2n) is 6.67. The molecule has 2 N–H and O–H groups in total. The lowest BCUT2D eigenvalue weighted by atomic mass is 10.1. The molecule has 1 fully saturated rings. The minimum absolute atomic E-state index is 0.0155. The normalized spacial score (nSPS) is 15.1. The van der Waals surface area contributed by atoms with Crippen LogP contribution in [0.5, 0.6) is 5.75 Å². The van der Waals surface area contributed by atoms with Crippen LogP contribution < -0.4 is 14.8 Å². The fourth-order valence-electron chi connectivity index (χ4n) is 2.74. The number of sulfonamides is 1. The summed E-state index contributed by atoms with van der Waals surface area (Å²) >= 11 is 6.12. The third-order valence-corrected chi connectivity index (χ3v) is 6.10. The molecule has 28 heavy (non-hydrogen) atoms. The molecule has 0 aromatic heterocycles. The fourth-order valence-corrected chi connectivity index (χ4v) is 4.26. The number of rotatable bonds is 9. The topological polar surface area (TPSA) is 84.5 Å². The highest BCUT2D eigenvalue weighted by molar-refractivity contribution is 7.89. The van der Waals surface area contributed by atoms with Gasteiger partial charge < -0.3 is 10.1 Å². The maximum absolute atomic E-state index is 12.9. The van der Waals surface area contributed by atoms with Gasteiger partial charge in [0.05, 0.1) is 16.5 Å². The molecule has 0 radical (unpaired) electrons. The Kier molecular flexibility index (Phi) is 6.59. The summed E-state index contributed by atoms with van der Waals surface area (Å²) in [6, 6.07) is 12.8. The number of amides is 1. The van der Waals surface area contributed by atoms with Crippen molar-refractivity contribution in [2.75, 3.05) is 6.61 Å². The van der Waals surface area contributed by atoms with Crippen molar-refractivity contribution < 1.29 is 17.9 Å². The maximum Gasteiger partial charge on any atom is 0.241 e. The molecule has 3 rings (SSSR count). The molecule has 2 aromatic carbocycles. The fraction of sp³-hybridized carbons (Fsp3) is 0.350. The molecule has 0 spiro atoms. The molecule has 8 heteroatoms. The first-order valence-corrected chi connectivity index (χ1v) is 11.0. The molecule has 0 aliphatic heterocycles. The van der Waals surface area contributed by atoms with Gasteiger partial charge >= 0.3 is 0 Å². The van der Waals surface area contributed by atoms with Crippen LogP contribution in [0.4, 0.5) is 0 Å². The van der Waals surface area contributed by atoms with Gasteiger partial charge in [-0.1, -0.05) is 41.9 Å². The molecular formula is C20H23ClN2O4S. The molecule has 1 unspecified atom stereocenters. The van der Waals surface area contributed by atoms with Gasteiger partial charge in [-0.2, -0.15) is 4.72 Å². The summed E-state index contributed by atoms with van der Waals surface area (Å²) in [5.41, 5.74) is 0.867. The van der Waals surface area contributed by atoms with E-state index in [9.17, 15) is 13.2 Å². The summed E-state index contributed by atoms with van der Waals surface area (Å²) in [5.74, 6) is 0.0855. The van der Waals surface area contributed by atoms with Crippen molar-refractivity contribution in [3.05, 3.63) is 59.1 Å². The Morgan fingerprint density at radius 2 is 1.93 bits per heavy atom. The Hall–Kier alpha value is -2.09. The number of carbonyl (C=O) groups excluding carboxylic acids is 1. The molecule has 1 aliphatic rings. The van der Waals surface area contributed by atoms with Crippen molar-refractivity contribution in [3.8, 4) is 5.75 Å². The SMILES string of the molecule is CCOc1ccc(S(=O)(=O)NC(Cc2ccccc2)C(=O)NC2CC2)cc1Cl. The lowest BCUT2D eigenvalue weighted by Gasteiger charge is -2.19. The summed E-state index contributed by atoms with van der Waals surface area (Å²) in [6.07, 6.45) is 2.10. The number of benzene rings is 2. The number of ether oxygens (including phenoxy) is 1. The summed E-state index contributed by atoms with van der Waals surface area (Å²) < 4.78 is 33.6. The van der Waals surface area contributed by atoms with Gasteiger partial charge in [0.1, 0.15) is 11.8 Å². The molecule has 0 heterocycles. The highest BCUT2D eigenvalue weighted by Crippen LogP contribution is 2.27. The second kappa shape index (κ2) is 8.94. The average molecular weight is 423 g/mol. The van der Waals surface area contributed by atoms with Crippen molar-refractivity contribution >= 4 is 27.5 Å². The van der Waals surface area contributed by atoms with Gasteiger partial charge in [0, 0.05) is 6.04 Å². The van der Waals surface area contributed by atoms with E-state index in [1.165, 1.54) is 18.2 Å². The lowest BCUT2D eigenvalue weighted by molar-refractivity contribution is -0.122. The Bertz CT molecular complexity index is 930. The molecule has 0 bridgehead atoms. The number of hydrogen-bond acceptors (Lipinski definition) is 4. The van der Waals surface area contributed by atoms with Gasteiger partial charge in [-0.05, 0) is 49.9 Å². The molecule has 0 saturated heterocycles. The average Bonchev–Trinajstić information content (AvgIpc) is 3.47. The highest BCUT2D eigenvalue weighted by atomic mass is 35.5. The molecule has 6 nitrogen and oxygen atoms in total. The van der Waals surface area contributed by atoms with Crippen LogP contribution in [0.2, 0.25) is 5.02 Å². The van der Waals surface area contributed by atoms with E-state index in [4.69, 9.17) is 16.3 Å². The van der Waals surface area contributed by atoms with Crippen LogP contribution in [-0.2, 0) is 21.2 Å². The lowest BCUT2D eigenvalue weighted by Crippen LogP contribution is -2.48. The van der Waals surface area contributed by atoms with E-state index in [1.807, 2.05) is 37.3 Å². The van der Waals surface area contributed by atoms with Crippen molar-refractivity contribution in [2.45, 2.75) is 43.2 Å². The first-order chi connectivity index (χ1) is 13.4. The van der Waals surface area contributed by atoms with Crippen LogP contribution >= 0.6 is 11.6 Å². The van der Waals surface area contributed by atoms with Crippen molar-refractivity contribution in [1.29, 1.82) is 0 Å². The predicted octanol–water partition coefficient (Wildman–Crippen LogP) is 2.91. The Morgan fingerprint density at radius 3 is 2.54 bits per heavy atom. The van der Waals surface area contributed by atoms with E-state index in [0.29, 0.717) is 12.4 Å². The zero-order valence-electron chi connectivity index (χ0n) is 15.5. The van der Waals surface area contributed by atoms with Crippen LogP contribution in [0.3, 0.4) is 0 Å². The molecule has 1 amide bonds. The number of hydrogen-bond donors (Lipinski definition) is 2. The van der Waals surface area contributed by atoms with Gasteiger partial charge in [-0.25, -0.2) is 8.42 Å². The Morgan fingerprint density at radius 1 is 1.21 bits per heavy atom. The Labute approximate surface area is 170 Å². The van der Waals surface area contributed by atoms with Crippen molar-refractivity contribution in [1.82, 2.24) is 10.0 Å². The quantitative estimate of drug-likeness (QED) is 0.650. The summed E-state index contributed by atoms with van der Waals surface area (Å²) in [7, 11) is -3.95. The molecule has 1 aliphatic carbocycles. The van der Waals surface area contributed by atoms with Crippen molar-refractivity contribution in [2.24, 2.45) is 0 Å². The summed E-state index contributed by atoms with van der Waals surface area (Å²) in [6.45, 7) is 2.24. The monoisotopic (exact) mass is 422 g/mol. The molecule has 1 atom stereocenters. The van der Waals surface area contributed by atoms with Gasteiger partial charge in [0.25, 0.3) is 0 Å². The van der Waals surface area contributed by atoms with E-state index < -0.39 is 16.1 Å². The largest absolute Gasteiger partial charge is 0.492 e. The van der Waals surface area contributed by atoms with Gasteiger partial charge in [-0.15, -0.1) is 0 Å². The van der Waals surface area contributed by atoms with E-state index in [1.54, 1.807) is 0 Å². The van der Waals surface area contributed by atoms with Crippen LogP contribution in [-0.4, -0.2) is 33.0 Å². The predicted molar refractivity (Wildman–Crippen MR) is 108 cm³/mol. The standard InChI is InChI=1S/C20H23ClN2O4S/c1-2-27-19-11-10-16(13-17(19)21)28(25,26)23-18(20(24)22-15-8-9-15)12-14-6-4-3-5-7-14/h3-7,10-11,13,15,18,23H,2,8-9,12H2,1H3,(H,22,24). The summed E-state index contributed by atoms with van der Waals surface area (Å²) in [4.78, 5) is 12.6. The number of nitrogens with one attached hydrogen (secondary N) is 2. The third kappa shape index (κ3) is 5.47. The van der Waals surface area contributed by atoms with Gasteiger partial charge in [0.2, 0.25) is 15.9 Å². The smallest absolute Gasteiger partial charge is 0.241 e.